The summed E-state index contributed by atoms with van der Waals surface area (Å²) in [5.74, 6) is 8.34. The number of amides is 2. The first-order valence-corrected chi connectivity index (χ1v) is 23.0. The van der Waals surface area contributed by atoms with E-state index in [-0.39, 0.29) is 55.7 Å². The van der Waals surface area contributed by atoms with E-state index in [9.17, 15) is 35.2 Å². The van der Waals surface area contributed by atoms with Crippen molar-refractivity contribution in [2.24, 2.45) is 0 Å². The molecule has 20 heteroatoms. The lowest BCUT2D eigenvalue weighted by atomic mass is 10.1. The average Bonchev–Trinajstić information content (AvgIpc) is 3.89. The topological polar surface area (TPSA) is 243 Å². The highest BCUT2D eigenvalue weighted by Crippen LogP contribution is 2.26. The van der Waals surface area contributed by atoms with E-state index in [1.54, 1.807) is 60.8 Å². The third kappa shape index (κ3) is 11.0. The number of hydrogen-bond donors (Lipinski definition) is 6. The minimum Gasteiger partial charge on any atom is -0.392 e. The van der Waals surface area contributed by atoms with Crippen LogP contribution in [0.2, 0.25) is 0 Å². The summed E-state index contributed by atoms with van der Waals surface area (Å²) >= 11 is 0. The fourth-order valence-corrected chi connectivity index (χ4v) is 7.84. The Morgan fingerprint density at radius 3 is 1.70 bits per heavy atom. The number of nitrogens with one attached hydrogen (secondary N) is 2. The third-order valence-electron chi connectivity index (χ3n) is 10.7. The van der Waals surface area contributed by atoms with Crippen molar-refractivity contribution in [3.05, 3.63) is 130 Å². The zero-order valence-corrected chi connectivity index (χ0v) is 36.6. The van der Waals surface area contributed by atoms with Crippen molar-refractivity contribution in [3.63, 3.8) is 0 Å². The van der Waals surface area contributed by atoms with Gasteiger partial charge in [-0.05, 0) is 86.8 Å². The number of aliphatic hydroxyl groups is 2. The zero-order chi connectivity index (χ0) is 47.0. The molecule has 6 aromatic rings. The lowest BCUT2D eigenvalue weighted by molar-refractivity contribution is -0.132. The molecule has 0 unspecified atom stereocenters. The van der Waals surface area contributed by atoms with Gasteiger partial charge < -0.3 is 10.2 Å². The molecule has 2 amide bonds. The molecule has 0 aliphatic heterocycles. The molecule has 4 aromatic carbocycles. The molecular weight excluding hydrogens is 875 g/mol. The van der Waals surface area contributed by atoms with Crippen LogP contribution in [0, 0.1) is 35.3 Å². The Morgan fingerprint density at radius 1 is 0.672 bits per heavy atom. The number of rotatable bonds is 12. The number of halogens is 2. The fourth-order valence-electron chi connectivity index (χ4n) is 6.15. The number of aromatic nitrogens is 4. The summed E-state index contributed by atoms with van der Waals surface area (Å²) in [5, 5.41) is 45.5. The van der Waals surface area contributed by atoms with Crippen molar-refractivity contribution in [1.29, 1.82) is 0 Å². The normalized spacial score (nSPS) is 13.3. The standard InChI is InChI=1S/2C22H22FN3O5S/c1-22(21(28)25-29,32(2,30)31)11-12-26-13-18-19(24-26)10-9-17(20(18)23)8-7-15-3-5-16(14-27)6-4-15;1-22(21(28)25-29,32(2,30)31)9-10-26-13-18-11-15(6-8-20(18)24-26)3-4-16-5-7-17(14-27)19(23)12-16/h3-6,9-10,13,27,29H,11-12,14H2,1-2H3,(H,25,28);5-8,11-13,27,29H,9-10,14H2,1-2H3,(H,25,28)/t2*22-/m11/s1. The fraction of sp³-hybridized carbons (Fsp3) is 0.273. The van der Waals surface area contributed by atoms with Crippen molar-refractivity contribution in [2.45, 2.75) is 62.5 Å². The molecule has 64 heavy (non-hydrogen) atoms. The van der Waals surface area contributed by atoms with E-state index in [1.807, 2.05) is 0 Å². The first-order chi connectivity index (χ1) is 30.2. The monoisotopic (exact) mass is 918 g/mol. The second-order valence-electron chi connectivity index (χ2n) is 15.1. The largest absolute Gasteiger partial charge is 0.392 e. The molecule has 0 aliphatic carbocycles. The number of nitrogens with zero attached hydrogens (tertiary/aromatic N) is 4. The van der Waals surface area contributed by atoms with Crippen LogP contribution in [0.3, 0.4) is 0 Å². The van der Waals surface area contributed by atoms with Gasteiger partial charge in [0.25, 0.3) is 11.8 Å². The number of aryl methyl sites for hydroxylation is 2. The van der Waals surface area contributed by atoms with Crippen LogP contribution in [0.25, 0.3) is 21.8 Å². The Hall–Kier alpha value is -6.52. The second-order valence-corrected chi connectivity index (χ2v) is 20.0. The molecule has 2 heterocycles. The van der Waals surface area contributed by atoms with Gasteiger partial charge >= 0.3 is 0 Å². The van der Waals surface area contributed by atoms with E-state index in [0.717, 1.165) is 23.5 Å². The lowest BCUT2D eigenvalue weighted by Crippen LogP contribution is -2.49. The highest BCUT2D eigenvalue weighted by Gasteiger charge is 2.44. The molecule has 0 bridgehead atoms. The van der Waals surface area contributed by atoms with Gasteiger partial charge in [0.05, 0.1) is 35.2 Å². The molecular formula is C44H44F2N6O10S2. The summed E-state index contributed by atoms with van der Waals surface area (Å²) in [7, 11) is -7.64. The number of hydrogen-bond acceptors (Lipinski definition) is 12. The first-order valence-electron chi connectivity index (χ1n) is 19.2. The molecule has 0 fully saturated rings. The SMILES string of the molecule is C[C@@](CCn1cc2c(F)c(C#Cc3ccc(CO)cc3)ccc2n1)(C(=O)NO)S(C)(=O)=O.C[C@@](CCn1cc2cc(C#Cc3ccc(CO)c(F)c3)ccc2n1)(C(=O)NO)S(C)(=O)=O. The van der Waals surface area contributed by atoms with Crippen molar-refractivity contribution >= 4 is 53.3 Å². The predicted octanol–water partition coefficient (Wildman–Crippen LogP) is 3.53. The summed E-state index contributed by atoms with van der Waals surface area (Å²) in [5.41, 5.74) is 6.75. The van der Waals surface area contributed by atoms with Crippen LogP contribution in [0.4, 0.5) is 8.78 Å². The zero-order valence-electron chi connectivity index (χ0n) is 34.9. The van der Waals surface area contributed by atoms with E-state index < -0.39 is 52.6 Å². The molecule has 0 aliphatic rings. The molecule has 0 saturated heterocycles. The molecule has 2 aromatic heterocycles. The number of carbonyl (C=O) groups is 2. The lowest BCUT2D eigenvalue weighted by Gasteiger charge is -2.24. The van der Waals surface area contributed by atoms with Crippen molar-refractivity contribution in [3.8, 4) is 23.7 Å². The van der Waals surface area contributed by atoms with Crippen LogP contribution >= 0.6 is 0 Å². The summed E-state index contributed by atoms with van der Waals surface area (Å²) < 4.78 is 76.3. The number of sulfone groups is 2. The van der Waals surface area contributed by atoms with Crippen LogP contribution in [0.5, 0.6) is 0 Å². The van der Waals surface area contributed by atoms with E-state index in [1.165, 1.54) is 58.6 Å². The molecule has 16 nitrogen and oxygen atoms in total. The Labute approximate surface area is 367 Å². The van der Waals surface area contributed by atoms with Gasteiger partial charge in [0.2, 0.25) is 0 Å². The quantitative estimate of drug-likeness (QED) is 0.0587. The van der Waals surface area contributed by atoms with E-state index in [4.69, 9.17) is 20.6 Å². The van der Waals surface area contributed by atoms with Gasteiger partial charge in [-0.3, -0.25) is 29.4 Å². The van der Waals surface area contributed by atoms with E-state index >= 15 is 0 Å². The average molecular weight is 919 g/mol. The molecule has 0 radical (unpaired) electrons. The van der Waals surface area contributed by atoms with Crippen LogP contribution in [0.1, 0.15) is 60.1 Å². The smallest absolute Gasteiger partial charge is 0.264 e. The summed E-state index contributed by atoms with van der Waals surface area (Å²) in [6, 6.07) is 19.7. The Balaban J connectivity index is 0.000000241. The molecule has 2 atom stereocenters. The third-order valence-corrected chi connectivity index (χ3v) is 14.8. The van der Waals surface area contributed by atoms with Gasteiger partial charge in [-0.25, -0.2) is 36.6 Å². The van der Waals surface area contributed by atoms with Crippen molar-refractivity contribution < 1.29 is 55.8 Å². The van der Waals surface area contributed by atoms with Crippen molar-refractivity contribution in [2.75, 3.05) is 12.5 Å². The van der Waals surface area contributed by atoms with Gasteiger partial charge in [-0.15, -0.1) is 0 Å². The summed E-state index contributed by atoms with van der Waals surface area (Å²) in [6.45, 7) is 2.14. The van der Waals surface area contributed by atoms with E-state index in [2.05, 4.69) is 33.9 Å². The van der Waals surface area contributed by atoms with Gasteiger partial charge in [0.15, 0.2) is 29.2 Å². The van der Waals surface area contributed by atoms with Crippen LogP contribution < -0.4 is 11.0 Å². The van der Waals surface area contributed by atoms with Crippen LogP contribution in [-0.4, -0.2) is 90.8 Å². The number of fused-ring (bicyclic) bond motifs is 2. The van der Waals surface area contributed by atoms with Crippen LogP contribution in [0.15, 0.2) is 85.2 Å². The first kappa shape index (κ1) is 48.5. The van der Waals surface area contributed by atoms with Crippen molar-refractivity contribution in [1.82, 2.24) is 30.5 Å². The summed E-state index contributed by atoms with van der Waals surface area (Å²) in [4.78, 5) is 23.9. The van der Waals surface area contributed by atoms with Gasteiger partial charge in [-0.2, -0.15) is 10.2 Å². The molecule has 0 spiro atoms. The Kier molecular flexibility index (Phi) is 15.1. The Bertz CT molecular complexity index is 3080. The van der Waals surface area contributed by atoms with Gasteiger partial charge in [0.1, 0.15) is 11.6 Å². The highest BCUT2D eigenvalue weighted by molar-refractivity contribution is 7.93. The maximum atomic E-state index is 15.0. The highest BCUT2D eigenvalue weighted by atomic mass is 32.2. The number of carbonyl (C=O) groups excluding carboxylic acids is 2. The maximum absolute atomic E-state index is 15.0. The second kappa shape index (κ2) is 19.9. The number of hydroxylamine groups is 2. The van der Waals surface area contributed by atoms with Crippen LogP contribution in [-0.2, 0) is 55.6 Å². The molecule has 0 saturated carbocycles. The Morgan fingerprint density at radius 2 is 1.17 bits per heavy atom. The minimum absolute atomic E-state index is 0.00330. The minimum atomic E-state index is -3.85. The number of aliphatic hydroxyl groups excluding tert-OH is 2. The van der Waals surface area contributed by atoms with Gasteiger partial charge in [-0.1, -0.05) is 41.9 Å². The van der Waals surface area contributed by atoms with E-state index in [0.29, 0.717) is 27.7 Å². The number of benzene rings is 4. The maximum Gasteiger partial charge on any atom is 0.264 e. The summed E-state index contributed by atoms with van der Waals surface area (Å²) in [6.07, 6.45) is 4.71. The molecule has 6 N–H and O–H groups in total. The van der Waals surface area contributed by atoms with Gasteiger partial charge in [0, 0.05) is 65.6 Å². The molecule has 6 rings (SSSR count). The molecule has 336 valence electrons. The predicted molar refractivity (Wildman–Crippen MR) is 232 cm³/mol.